The standard InChI is InChI=1S/C20H17ClN2O2S/c21-12-5-3-4-11(10-12)14-8-9-15(25-14)18-22-19(24)17-13-6-1-2-7-16(13)26-20(17)23-18/h3-5,8-10,18,23H,1-2,6-7H2,(H,22,24)/t18-/m1/s1. The van der Waals surface area contributed by atoms with Crippen LogP contribution >= 0.6 is 22.9 Å². The normalized spacial score (nSPS) is 18.7. The fourth-order valence-corrected chi connectivity index (χ4v) is 5.23. The van der Waals surface area contributed by atoms with Crippen LogP contribution in [0.1, 0.15) is 45.6 Å². The molecular formula is C20H17ClN2O2S. The summed E-state index contributed by atoms with van der Waals surface area (Å²) in [6, 6.07) is 11.3. The number of aryl methyl sites for hydroxylation is 1. The number of fused-ring (bicyclic) bond motifs is 3. The number of nitrogens with one attached hydrogen (secondary N) is 2. The van der Waals surface area contributed by atoms with Crippen molar-refractivity contribution < 1.29 is 9.21 Å². The zero-order valence-electron chi connectivity index (χ0n) is 14.0. The molecule has 2 N–H and O–H groups in total. The highest BCUT2D eigenvalue weighted by molar-refractivity contribution is 7.16. The number of carbonyl (C=O) groups is 1. The summed E-state index contributed by atoms with van der Waals surface area (Å²) >= 11 is 7.78. The molecule has 0 bridgehead atoms. The van der Waals surface area contributed by atoms with Gasteiger partial charge in [-0.05, 0) is 55.5 Å². The average Bonchev–Trinajstić information content (AvgIpc) is 3.26. The third kappa shape index (κ3) is 2.63. The number of halogens is 1. The van der Waals surface area contributed by atoms with E-state index in [9.17, 15) is 4.79 Å². The molecule has 6 heteroatoms. The van der Waals surface area contributed by atoms with Crippen molar-refractivity contribution >= 4 is 33.8 Å². The third-order valence-electron chi connectivity index (χ3n) is 4.97. The highest BCUT2D eigenvalue weighted by Crippen LogP contribution is 2.41. The second-order valence-corrected chi connectivity index (χ2v) is 8.22. The van der Waals surface area contributed by atoms with Gasteiger partial charge in [-0.25, -0.2) is 0 Å². The highest BCUT2D eigenvalue weighted by Gasteiger charge is 2.33. The number of amides is 1. The van der Waals surface area contributed by atoms with E-state index in [1.54, 1.807) is 11.3 Å². The molecule has 1 atom stereocenters. The van der Waals surface area contributed by atoms with E-state index in [1.165, 1.54) is 16.9 Å². The summed E-state index contributed by atoms with van der Waals surface area (Å²) in [7, 11) is 0. The van der Waals surface area contributed by atoms with Gasteiger partial charge in [0.1, 0.15) is 16.5 Å². The Morgan fingerprint density at radius 3 is 2.88 bits per heavy atom. The number of rotatable bonds is 2. The van der Waals surface area contributed by atoms with E-state index in [0.717, 1.165) is 41.2 Å². The molecule has 0 saturated heterocycles. The zero-order chi connectivity index (χ0) is 17.7. The predicted molar refractivity (Wildman–Crippen MR) is 104 cm³/mol. The van der Waals surface area contributed by atoms with Crippen molar-refractivity contribution in [1.29, 1.82) is 0 Å². The minimum absolute atomic E-state index is 0.0103. The lowest BCUT2D eigenvalue weighted by molar-refractivity contribution is 0.0930. The van der Waals surface area contributed by atoms with Gasteiger partial charge in [0.15, 0.2) is 6.17 Å². The monoisotopic (exact) mass is 384 g/mol. The fraction of sp³-hybridized carbons (Fsp3) is 0.250. The Balaban J connectivity index is 1.46. The molecule has 2 aromatic heterocycles. The van der Waals surface area contributed by atoms with E-state index in [2.05, 4.69) is 10.6 Å². The van der Waals surface area contributed by atoms with E-state index >= 15 is 0 Å². The summed E-state index contributed by atoms with van der Waals surface area (Å²) in [6.07, 6.45) is 4.09. The first-order valence-electron chi connectivity index (χ1n) is 8.76. The molecule has 26 heavy (non-hydrogen) atoms. The Kier molecular flexibility index (Phi) is 3.80. The first-order chi connectivity index (χ1) is 12.7. The maximum atomic E-state index is 12.7. The molecule has 4 nitrogen and oxygen atoms in total. The van der Waals surface area contributed by atoms with Crippen LogP contribution in [-0.2, 0) is 12.8 Å². The van der Waals surface area contributed by atoms with Crippen molar-refractivity contribution in [3.63, 3.8) is 0 Å². The summed E-state index contributed by atoms with van der Waals surface area (Å²) in [5, 5.41) is 8.11. The van der Waals surface area contributed by atoms with Crippen molar-refractivity contribution in [2.45, 2.75) is 31.8 Å². The van der Waals surface area contributed by atoms with E-state index in [0.29, 0.717) is 10.8 Å². The van der Waals surface area contributed by atoms with Crippen LogP contribution in [0.3, 0.4) is 0 Å². The van der Waals surface area contributed by atoms with Gasteiger partial charge < -0.3 is 15.1 Å². The van der Waals surface area contributed by atoms with Crippen molar-refractivity contribution in [3.05, 3.63) is 63.2 Å². The molecule has 0 fully saturated rings. The minimum Gasteiger partial charge on any atom is -0.457 e. The van der Waals surface area contributed by atoms with Crippen LogP contribution in [0.4, 0.5) is 5.00 Å². The number of anilines is 1. The lowest BCUT2D eigenvalue weighted by Crippen LogP contribution is -2.38. The Hall–Kier alpha value is -2.24. The van der Waals surface area contributed by atoms with Crippen LogP contribution in [-0.4, -0.2) is 5.91 Å². The Bertz CT molecular complexity index is 1010. The third-order valence-corrected chi connectivity index (χ3v) is 6.43. The van der Waals surface area contributed by atoms with Crippen LogP contribution in [0, 0.1) is 0 Å². The molecule has 3 aromatic rings. The number of hydrogen-bond acceptors (Lipinski definition) is 4. The molecule has 0 spiro atoms. The Labute approximate surface area is 160 Å². The maximum absolute atomic E-state index is 12.7. The molecule has 0 saturated carbocycles. The zero-order valence-corrected chi connectivity index (χ0v) is 15.5. The van der Waals surface area contributed by atoms with Gasteiger partial charge >= 0.3 is 0 Å². The van der Waals surface area contributed by atoms with Gasteiger partial charge in [-0.3, -0.25) is 4.79 Å². The molecule has 132 valence electrons. The SMILES string of the molecule is O=C1N[C@@H](c2ccc(-c3cccc(Cl)c3)o2)Nc2sc3c(c21)CCCC3. The van der Waals surface area contributed by atoms with E-state index in [-0.39, 0.29) is 12.1 Å². The molecular weight excluding hydrogens is 368 g/mol. The van der Waals surface area contributed by atoms with Gasteiger partial charge in [-0.15, -0.1) is 11.3 Å². The fourth-order valence-electron chi connectivity index (χ4n) is 3.73. The molecule has 1 aromatic carbocycles. The molecule has 1 aliphatic heterocycles. The molecule has 0 unspecified atom stereocenters. The molecule has 1 amide bonds. The van der Waals surface area contributed by atoms with E-state index < -0.39 is 0 Å². The van der Waals surface area contributed by atoms with Crippen molar-refractivity contribution in [2.24, 2.45) is 0 Å². The topological polar surface area (TPSA) is 54.3 Å². The van der Waals surface area contributed by atoms with Gasteiger partial charge in [0.25, 0.3) is 5.91 Å². The van der Waals surface area contributed by atoms with Crippen LogP contribution in [0.15, 0.2) is 40.8 Å². The van der Waals surface area contributed by atoms with Gasteiger partial charge in [0.05, 0.1) is 5.56 Å². The number of benzene rings is 1. The van der Waals surface area contributed by atoms with Crippen molar-refractivity contribution in [1.82, 2.24) is 5.32 Å². The smallest absolute Gasteiger partial charge is 0.256 e. The highest BCUT2D eigenvalue weighted by atomic mass is 35.5. The summed E-state index contributed by atoms with van der Waals surface area (Å²) < 4.78 is 6.00. The van der Waals surface area contributed by atoms with Gasteiger partial charge in [0.2, 0.25) is 0 Å². The lowest BCUT2D eigenvalue weighted by Gasteiger charge is -2.25. The lowest BCUT2D eigenvalue weighted by atomic mass is 9.94. The number of furan rings is 1. The first-order valence-corrected chi connectivity index (χ1v) is 9.96. The van der Waals surface area contributed by atoms with Gasteiger partial charge in [-0.2, -0.15) is 0 Å². The molecule has 0 radical (unpaired) electrons. The summed E-state index contributed by atoms with van der Waals surface area (Å²) in [6.45, 7) is 0. The Morgan fingerprint density at radius 1 is 1.12 bits per heavy atom. The largest absolute Gasteiger partial charge is 0.457 e. The van der Waals surface area contributed by atoms with Crippen LogP contribution < -0.4 is 10.6 Å². The minimum atomic E-state index is -0.358. The molecule has 1 aliphatic carbocycles. The van der Waals surface area contributed by atoms with E-state index in [4.69, 9.17) is 16.0 Å². The van der Waals surface area contributed by atoms with Crippen LogP contribution in [0.5, 0.6) is 0 Å². The quantitative estimate of drug-likeness (QED) is 0.622. The summed E-state index contributed by atoms with van der Waals surface area (Å²) in [5.41, 5.74) is 2.99. The average molecular weight is 385 g/mol. The second kappa shape index (κ2) is 6.18. The van der Waals surface area contributed by atoms with Crippen molar-refractivity contribution in [2.75, 3.05) is 5.32 Å². The second-order valence-electron chi connectivity index (χ2n) is 6.68. The predicted octanol–water partition coefficient (Wildman–Crippen LogP) is 5.39. The van der Waals surface area contributed by atoms with Crippen LogP contribution in [0.25, 0.3) is 11.3 Å². The molecule has 2 aliphatic rings. The summed E-state index contributed by atoms with van der Waals surface area (Å²) in [5.74, 6) is 1.41. The van der Waals surface area contributed by atoms with Crippen LogP contribution in [0.2, 0.25) is 5.02 Å². The number of carbonyl (C=O) groups excluding carboxylic acids is 1. The van der Waals surface area contributed by atoms with Crippen molar-refractivity contribution in [3.8, 4) is 11.3 Å². The molecule has 3 heterocycles. The number of thiophene rings is 1. The number of hydrogen-bond donors (Lipinski definition) is 2. The van der Waals surface area contributed by atoms with Gasteiger partial charge in [0, 0.05) is 15.5 Å². The van der Waals surface area contributed by atoms with E-state index in [1.807, 2.05) is 36.4 Å². The Morgan fingerprint density at radius 2 is 2.00 bits per heavy atom. The van der Waals surface area contributed by atoms with Gasteiger partial charge in [-0.1, -0.05) is 23.7 Å². The maximum Gasteiger partial charge on any atom is 0.256 e. The molecule has 5 rings (SSSR count). The first kappa shape index (κ1) is 16.0. The summed E-state index contributed by atoms with van der Waals surface area (Å²) in [4.78, 5) is 14.1.